The first-order valence-electron chi connectivity index (χ1n) is 7.36. The molecule has 0 amide bonds. The molecule has 0 spiro atoms. The van der Waals surface area contributed by atoms with Gasteiger partial charge < -0.3 is 14.6 Å². The van der Waals surface area contributed by atoms with Crippen molar-refractivity contribution >= 4 is 5.97 Å². The summed E-state index contributed by atoms with van der Waals surface area (Å²) in [7, 11) is 1.93. The van der Waals surface area contributed by atoms with Crippen molar-refractivity contribution in [1.82, 2.24) is 25.0 Å². The number of hydrogen-bond donors (Lipinski definition) is 2. The van der Waals surface area contributed by atoms with Gasteiger partial charge >= 0.3 is 5.97 Å². The van der Waals surface area contributed by atoms with Gasteiger partial charge in [0.1, 0.15) is 5.82 Å². The van der Waals surface area contributed by atoms with Crippen LogP contribution < -0.4 is 0 Å². The molecule has 3 rings (SSSR count). The van der Waals surface area contributed by atoms with E-state index in [-0.39, 0.29) is 5.56 Å². The minimum absolute atomic E-state index is 0.218. The molecule has 3 aromatic rings. The van der Waals surface area contributed by atoms with E-state index in [0.717, 1.165) is 11.5 Å². The Morgan fingerprint density at radius 1 is 1.29 bits per heavy atom. The summed E-state index contributed by atoms with van der Waals surface area (Å²) in [5.41, 5.74) is 1.94. The van der Waals surface area contributed by atoms with Crippen LogP contribution in [0.15, 0.2) is 35.0 Å². The first-order valence-corrected chi connectivity index (χ1v) is 7.36. The lowest BCUT2D eigenvalue weighted by atomic mass is 10.1. The Kier molecular flexibility index (Phi) is 4.39. The van der Waals surface area contributed by atoms with Gasteiger partial charge in [0.05, 0.1) is 18.7 Å². The van der Waals surface area contributed by atoms with Crippen LogP contribution in [-0.2, 0) is 13.1 Å². The van der Waals surface area contributed by atoms with Crippen molar-refractivity contribution in [1.29, 1.82) is 0 Å². The molecule has 2 N–H and O–H groups in total. The predicted octanol–water partition coefficient (Wildman–Crippen LogP) is 2.10. The summed E-state index contributed by atoms with van der Waals surface area (Å²) in [6.07, 6.45) is 1.79. The van der Waals surface area contributed by atoms with Crippen LogP contribution in [0.5, 0.6) is 0 Å². The molecule has 0 saturated heterocycles. The second kappa shape index (κ2) is 6.63. The van der Waals surface area contributed by atoms with E-state index in [1.54, 1.807) is 18.3 Å². The number of aromatic carboxylic acids is 1. The third kappa shape index (κ3) is 3.66. The van der Waals surface area contributed by atoms with Crippen molar-refractivity contribution in [2.45, 2.75) is 20.0 Å². The predicted molar refractivity (Wildman–Crippen MR) is 85.2 cm³/mol. The van der Waals surface area contributed by atoms with E-state index < -0.39 is 5.97 Å². The van der Waals surface area contributed by atoms with Gasteiger partial charge in [-0.1, -0.05) is 17.3 Å². The van der Waals surface area contributed by atoms with E-state index in [4.69, 9.17) is 9.63 Å². The highest BCUT2D eigenvalue weighted by Crippen LogP contribution is 2.17. The quantitative estimate of drug-likeness (QED) is 0.713. The molecule has 0 fully saturated rings. The highest BCUT2D eigenvalue weighted by Gasteiger charge is 2.12. The molecule has 0 unspecified atom stereocenters. The van der Waals surface area contributed by atoms with E-state index in [2.05, 4.69) is 20.1 Å². The Bertz CT molecular complexity index is 838. The molecule has 2 aromatic heterocycles. The Labute approximate surface area is 138 Å². The maximum Gasteiger partial charge on any atom is 0.335 e. The average molecular weight is 327 g/mol. The van der Waals surface area contributed by atoms with Crippen molar-refractivity contribution in [3.05, 3.63) is 53.4 Å². The van der Waals surface area contributed by atoms with E-state index in [1.807, 2.05) is 18.9 Å². The van der Waals surface area contributed by atoms with Crippen LogP contribution in [-0.4, -0.2) is 43.1 Å². The average Bonchev–Trinajstić information content (AvgIpc) is 3.16. The Morgan fingerprint density at radius 3 is 2.67 bits per heavy atom. The topological polar surface area (TPSA) is 108 Å². The Balaban J connectivity index is 1.65. The molecule has 8 heteroatoms. The summed E-state index contributed by atoms with van der Waals surface area (Å²) in [5, 5.41) is 12.9. The van der Waals surface area contributed by atoms with Crippen LogP contribution in [0.4, 0.5) is 0 Å². The summed E-state index contributed by atoms with van der Waals surface area (Å²) in [6, 6.07) is 6.35. The van der Waals surface area contributed by atoms with Gasteiger partial charge in [-0.3, -0.25) is 4.90 Å². The Morgan fingerprint density at radius 2 is 2.04 bits per heavy atom. The number of H-pyrrole nitrogens is 1. The van der Waals surface area contributed by atoms with Gasteiger partial charge in [-0.15, -0.1) is 0 Å². The van der Waals surface area contributed by atoms with Crippen molar-refractivity contribution in [3.63, 3.8) is 0 Å². The largest absolute Gasteiger partial charge is 0.478 e. The number of carboxylic acid groups (broad SMARTS) is 1. The normalized spacial score (nSPS) is 11.1. The van der Waals surface area contributed by atoms with Gasteiger partial charge in [-0.25, -0.2) is 9.78 Å². The Hall–Kier alpha value is -3.00. The number of hydrogen-bond acceptors (Lipinski definition) is 6. The third-order valence-electron chi connectivity index (χ3n) is 3.44. The molecule has 0 radical (unpaired) electrons. The summed E-state index contributed by atoms with van der Waals surface area (Å²) >= 11 is 0. The number of aryl methyl sites for hydroxylation is 1. The molecule has 8 nitrogen and oxygen atoms in total. The minimum Gasteiger partial charge on any atom is -0.478 e. The summed E-state index contributed by atoms with van der Waals surface area (Å²) < 4.78 is 5.26. The zero-order valence-corrected chi connectivity index (χ0v) is 13.4. The van der Waals surface area contributed by atoms with Crippen LogP contribution in [0.2, 0.25) is 0 Å². The molecule has 0 aliphatic heterocycles. The van der Waals surface area contributed by atoms with Gasteiger partial charge in [-0.05, 0) is 26.1 Å². The van der Waals surface area contributed by atoms with Crippen LogP contribution in [0.25, 0.3) is 11.4 Å². The van der Waals surface area contributed by atoms with Crippen molar-refractivity contribution in [2.24, 2.45) is 0 Å². The molecule has 2 heterocycles. The maximum atomic E-state index is 10.9. The lowest BCUT2D eigenvalue weighted by Gasteiger charge is -2.11. The fourth-order valence-electron chi connectivity index (χ4n) is 2.29. The summed E-state index contributed by atoms with van der Waals surface area (Å²) in [5.74, 6) is 0.825. The van der Waals surface area contributed by atoms with Gasteiger partial charge in [-0.2, -0.15) is 4.98 Å². The first-order chi connectivity index (χ1) is 11.5. The van der Waals surface area contributed by atoms with Crippen LogP contribution in [0.1, 0.15) is 27.8 Å². The third-order valence-corrected chi connectivity index (χ3v) is 3.44. The number of carboxylic acids is 1. The molecule has 0 aliphatic carbocycles. The van der Waals surface area contributed by atoms with E-state index >= 15 is 0 Å². The molecule has 0 aliphatic rings. The number of aromatic nitrogens is 4. The van der Waals surface area contributed by atoms with E-state index in [0.29, 0.717) is 30.4 Å². The molecule has 0 saturated carbocycles. The van der Waals surface area contributed by atoms with Crippen LogP contribution >= 0.6 is 0 Å². The number of imidazole rings is 1. The monoisotopic (exact) mass is 327 g/mol. The van der Waals surface area contributed by atoms with Crippen molar-refractivity contribution < 1.29 is 14.4 Å². The minimum atomic E-state index is -0.967. The van der Waals surface area contributed by atoms with Crippen molar-refractivity contribution in [2.75, 3.05) is 7.05 Å². The van der Waals surface area contributed by atoms with Gasteiger partial charge in [0, 0.05) is 17.5 Å². The molecular formula is C16H17N5O3. The van der Waals surface area contributed by atoms with E-state index in [1.165, 1.54) is 12.1 Å². The lowest BCUT2D eigenvalue weighted by molar-refractivity contribution is 0.0697. The molecule has 0 bridgehead atoms. The number of nitrogens with zero attached hydrogens (tertiary/aromatic N) is 4. The standard InChI is InChI=1S/C16H17N5O3/c1-10-7-17-13(18-10)8-21(2)9-14-19-15(20-24-14)11-3-5-12(6-4-11)16(22)23/h3-7H,8-9H2,1-2H3,(H,17,18)(H,22,23). The number of carbonyl (C=O) groups is 1. The molecule has 24 heavy (non-hydrogen) atoms. The van der Waals surface area contributed by atoms with Crippen LogP contribution in [0.3, 0.4) is 0 Å². The second-order valence-electron chi connectivity index (χ2n) is 5.58. The maximum absolute atomic E-state index is 10.9. The smallest absolute Gasteiger partial charge is 0.335 e. The van der Waals surface area contributed by atoms with E-state index in [9.17, 15) is 4.79 Å². The molecule has 0 atom stereocenters. The van der Waals surface area contributed by atoms with Gasteiger partial charge in [0.25, 0.3) is 0 Å². The molecule has 124 valence electrons. The number of nitrogens with one attached hydrogen (secondary N) is 1. The van der Waals surface area contributed by atoms with Gasteiger partial charge in [0.2, 0.25) is 11.7 Å². The summed E-state index contributed by atoms with van der Waals surface area (Å²) in [6.45, 7) is 3.08. The molecule has 1 aromatic carbocycles. The zero-order chi connectivity index (χ0) is 17.1. The van der Waals surface area contributed by atoms with Crippen molar-refractivity contribution in [3.8, 4) is 11.4 Å². The molecular weight excluding hydrogens is 310 g/mol. The lowest BCUT2D eigenvalue weighted by Crippen LogP contribution is -2.18. The summed E-state index contributed by atoms with van der Waals surface area (Å²) in [4.78, 5) is 24.6. The SMILES string of the molecule is Cc1cnc(CN(C)Cc2nc(-c3ccc(C(=O)O)cc3)no2)[nH]1. The highest BCUT2D eigenvalue weighted by molar-refractivity contribution is 5.88. The number of aromatic amines is 1. The second-order valence-corrected chi connectivity index (χ2v) is 5.58. The fourth-order valence-corrected chi connectivity index (χ4v) is 2.29. The first kappa shape index (κ1) is 15.9. The van der Waals surface area contributed by atoms with Gasteiger partial charge in [0.15, 0.2) is 0 Å². The fraction of sp³-hybridized carbons (Fsp3) is 0.250. The highest BCUT2D eigenvalue weighted by atomic mass is 16.5. The van der Waals surface area contributed by atoms with Crippen LogP contribution in [0, 0.1) is 6.92 Å². The zero-order valence-electron chi connectivity index (χ0n) is 13.4. The number of benzene rings is 1. The number of rotatable bonds is 6.